The van der Waals surface area contributed by atoms with Crippen molar-refractivity contribution in [3.05, 3.63) is 69.6 Å². The first-order chi connectivity index (χ1) is 15.5. The van der Waals surface area contributed by atoms with Gasteiger partial charge >= 0.3 is 10.8 Å². The quantitative estimate of drug-likeness (QED) is 0.281. The Morgan fingerprint density at radius 2 is 1.88 bits per heavy atom. The van der Waals surface area contributed by atoms with Gasteiger partial charge in [-0.1, -0.05) is 60.4 Å². The molecular formula is C23H24N4O3S2. The molecule has 0 spiro atoms. The van der Waals surface area contributed by atoms with Gasteiger partial charge < -0.3 is 4.74 Å². The number of fused-ring (bicyclic) bond motifs is 1. The Labute approximate surface area is 194 Å². The van der Waals surface area contributed by atoms with Crippen molar-refractivity contribution in [3.63, 3.8) is 0 Å². The number of carbonyl (C=O) groups excluding carboxylic acids is 1. The van der Waals surface area contributed by atoms with Crippen LogP contribution in [0.5, 0.6) is 0 Å². The number of para-hydroxylation sites is 2. The second kappa shape index (κ2) is 9.70. The third-order valence-corrected chi connectivity index (χ3v) is 7.34. The van der Waals surface area contributed by atoms with Crippen LogP contribution in [0.25, 0.3) is 15.9 Å². The maximum atomic E-state index is 12.7. The topological polar surface area (TPSA) is 79.0 Å². The number of esters is 1. The third-order valence-electron chi connectivity index (χ3n) is 5.10. The number of benzene rings is 2. The number of ether oxygens (including phenoxy) is 1. The Balaban J connectivity index is 1.79. The average Bonchev–Trinajstić information content (AvgIpc) is 3.33. The summed E-state index contributed by atoms with van der Waals surface area (Å²) in [6.45, 7) is 6.37. The molecule has 166 valence electrons. The molecule has 2 heterocycles. The number of nitrogens with zero attached hydrogens (tertiary/aromatic N) is 4. The van der Waals surface area contributed by atoms with Gasteiger partial charge in [0.1, 0.15) is 5.25 Å². The van der Waals surface area contributed by atoms with Gasteiger partial charge in [-0.3, -0.25) is 18.7 Å². The van der Waals surface area contributed by atoms with Gasteiger partial charge in [-0.05, 0) is 44.0 Å². The summed E-state index contributed by atoms with van der Waals surface area (Å²) in [6, 6.07) is 15.7. The lowest BCUT2D eigenvalue weighted by atomic mass is 10.2. The minimum atomic E-state index is -0.389. The Kier molecular flexibility index (Phi) is 6.76. The van der Waals surface area contributed by atoms with Crippen LogP contribution in [0.2, 0.25) is 0 Å². The van der Waals surface area contributed by atoms with Gasteiger partial charge in [0.05, 0.1) is 29.1 Å². The second-order valence-corrected chi connectivity index (χ2v) is 9.37. The van der Waals surface area contributed by atoms with Gasteiger partial charge in [-0.2, -0.15) is 0 Å². The van der Waals surface area contributed by atoms with E-state index in [0.29, 0.717) is 24.0 Å². The number of hydrogen-bond acceptors (Lipinski definition) is 7. The highest BCUT2D eigenvalue weighted by atomic mass is 32.2. The number of aromatic nitrogens is 4. The second-order valence-electron chi connectivity index (χ2n) is 7.21. The van der Waals surface area contributed by atoms with Gasteiger partial charge in [0.2, 0.25) is 0 Å². The molecule has 4 aromatic rings. The fourth-order valence-electron chi connectivity index (χ4n) is 3.50. The van der Waals surface area contributed by atoms with E-state index in [1.807, 2.05) is 66.9 Å². The van der Waals surface area contributed by atoms with Crippen LogP contribution in [0.3, 0.4) is 0 Å². The Hall–Kier alpha value is -2.91. The molecule has 0 radical (unpaired) electrons. The Morgan fingerprint density at radius 1 is 1.12 bits per heavy atom. The minimum absolute atomic E-state index is 0.0438. The molecule has 0 saturated heterocycles. The molecule has 2 aromatic heterocycles. The number of thioether (sulfide) groups is 1. The molecule has 0 fully saturated rings. The first-order valence-corrected chi connectivity index (χ1v) is 12.1. The largest absolute Gasteiger partial charge is 0.465 e. The number of aryl methyl sites for hydroxylation is 1. The maximum Gasteiger partial charge on any atom is 0.319 e. The van der Waals surface area contributed by atoms with E-state index in [9.17, 15) is 9.59 Å². The van der Waals surface area contributed by atoms with Crippen LogP contribution in [0.1, 0.15) is 31.7 Å². The van der Waals surface area contributed by atoms with Crippen molar-refractivity contribution >= 4 is 39.3 Å². The zero-order valence-electron chi connectivity index (χ0n) is 18.1. The van der Waals surface area contributed by atoms with E-state index < -0.39 is 0 Å². The average molecular weight is 469 g/mol. The van der Waals surface area contributed by atoms with Gasteiger partial charge in [-0.15, -0.1) is 10.2 Å². The van der Waals surface area contributed by atoms with Crippen LogP contribution in [-0.4, -0.2) is 37.2 Å². The normalized spacial score (nSPS) is 12.2. The van der Waals surface area contributed by atoms with Crippen LogP contribution >= 0.6 is 23.1 Å². The van der Waals surface area contributed by atoms with E-state index in [1.54, 1.807) is 11.5 Å². The molecule has 0 unspecified atom stereocenters. The molecule has 0 amide bonds. The van der Waals surface area contributed by atoms with E-state index in [1.165, 1.54) is 23.1 Å². The van der Waals surface area contributed by atoms with E-state index >= 15 is 0 Å². The molecule has 0 aliphatic rings. The molecule has 0 aliphatic carbocycles. The predicted octanol–water partition coefficient (Wildman–Crippen LogP) is 4.43. The number of rotatable bonds is 8. The fraction of sp³-hybridized carbons (Fsp3) is 0.304. The molecule has 4 rings (SSSR count). The van der Waals surface area contributed by atoms with Crippen molar-refractivity contribution in [2.24, 2.45) is 0 Å². The summed E-state index contributed by atoms with van der Waals surface area (Å²) in [6.07, 6.45) is 0.605. The number of thiazole rings is 1. The molecule has 0 bridgehead atoms. The van der Waals surface area contributed by atoms with Gasteiger partial charge in [0.15, 0.2) is 11.0 Å². The van der Waals surface area contributed by atoms with E-state index in [2.05, 4.69) is 10.2 Å². The van der Waals surface area contributed by atoms with E-state index in [-0.39, 0.29) is 22.6 Å². The van der Waals surface area contributed by atoms with E-state index in [0.717, 1.165) is 21.5 Å². The predicted molar refractivity (Wildman–Crippen MR) is 128 cm³/mol. The molecule has 0 saturated carbocycles. The third kappa shape index (κ3) is 4.35. The highest BCUT2D eigenvalue weighted by molar-refractivity contribution is 8.00. The van der Waals surface area contributed by atoms with Gasteiger partial charge in [-0.25, -0.2) is 0 Å². The molecule has 7 nitrogen and oxygen atoms in total. The van der Waals surface area contributed by atoms with Crippen molar-refractivity contribution in [2.45, 2.75) is 44.1 Å². The first-order valence-electron chi connectivity index (χ1n) is 10.4. The Morgan fingerprint density at radius 3 is 2.62 bits per heavy atom. The van der Waals surface area contributed by atoms with Crippen LogP contribution in [0.15, 0.2) is 58.5 Å². The number of hydrogen-bond donors (Lipinski definition) is 0. The van der Waals surface area contributed by atoms with Gasteiger partial charge in [0.25, 0.3) is 0 Å². The molecular weight excluding hydrogens is 444 g/mol. The zero-order chi connectivity index (χ0) is 22.7. The summed E-state index contributed by atoms with van der Waals surface area (Å²) in [5.41, 5.74) is 2.83. The maximum absolute atomic E-state index is 12.7. The fourth-order valence-corrected chi connectivity index (χ4v) is 5.37. The van der Waals surface area contributed by atoms with Crippen molar-refractivity contribution in [2.75, 3.05) is 6.61 Å². The number of carbonyl (C=O) groups is 1. The van der Waals surface area contributed by atoms with Gasteiger partial charge in [0, 0.05) is 0 Å². The highest BCUT2D eigenvalue weighted by Gasteiger charge is 2.25. The zero-order valence-corrected chi connectivity index (χ0v) is 19.8. The van der Waals surface area contributed by atoms with Crippen molar-refractivity contribution < 1.29 is 9.53 Å². The van der Waals surface area contributed by atoms with Crippen LogP contribution in [-0.2, 0) is 16.1 Å². The molecule has 0 N–H and O–H groups in total. The van der Waals surface area contributed by atoms with E-state index in [4.69, 9.17) is 4.74 Å². The summed E-state index contributed by atoms with van der Waals surface area (Å²) in [5, 5.41) is 9.05. The molecule has 9 heteroatoms. The lowest BCUT2D eigenvalue weighted by Gasteiger charge is -2.16. The summed E-state index contributed by atoms with van der Waals surface area (Å²) >= 11 is 2.56. The standard InChI is InChI=1S/C23H24N4O3S2/c1-4-18(21(28)30-5-2)31-22-25-24-20(27(22)16-11-7-6-10-15(16)3)14-26-17-12-8-9-13-19(17)32-23(26)29/h6-13,18H,4-5,14H2,1-3H3/t18-/m0/s1. The lowest BCUT2D eigenvalue weighted by Crippen LogP contribution is -2.20. The van der Waals surface area contributed by atoms with Crippen LogP contribution < -0.4 is 4.87 Å². The highest BCUT2D eigenvalue weighted by Crippen LogP contribution is 2.30. The lowest BCUT2D eigenvalue weighted by molar-refractivity contribution is -0.142. The molecule has 0 aliphatic heterocycles. The Bertz CT molecular complexity index is 1310. The smallest absolute Gasteiger partial charge is 0.319 e. The summed E-state index contributed by atoms with van der Waals surface area (Å²) in [5.74, 6) is 0.368. The SMILES string of the molecule is CCOC(=O)[C@H](CC)Sc1nnc(Cn2c(=O)sc3ccccc32)n1-c1ccccc1C. The summed E-state index contributed by atoms with van der Waals surface area (Å²) in [7, 11) is 0. The van der Waals surface area contributed by atoms with Crippen LogP contribution in [0.4, 0.5) is 0 Å². The van der Waals surface area contributed by atoms with Crippen molar-refractivity contribution in [3.8, 4) is 5.69 Å². The molecule has 32 heavy (non-hydrogen) atoms. The van der Waals surface area contributed by atoms with Crippen molar-refractivity contribution in [1.29, 1.82) is 0 Å². The minimum Gasteiger partial charge on any atom is -0.465 e. The summed E-state index contributed by atoms with van der Waals surface area (Å²) < 4.78 is 9.83. The molecule has 1 atom stereocenters. The summed E-state index contributed by atoms with van der Waals surface area (Å²) in [4.78, 5) is 25.1. The first kappa shape index (κ1) is 22.3. The van der Waals surface area contributed by atoms with Crippen molar-refractivity contribution in [1.82, 2.24) is 19.3 Å². The molecule has 2 aromatic carbocycles. The van der Waals surface area contributed by atoms with Crippen LogP contribution in [0, 0.1) is 6.92 Å². The monoisotopic (exact) mass is 468 g/mol.